The Morgan fingerprint density at radius 2 is 2.05 bits per heavy atom. The molecule has 1 rings (SSSR count). The number of aliphatic hydroxyl groups is 1. The molecular weight excluding hydrogens is 316 g/mol. The molecule has 9 heteroatoms. The summed E-state index contributed by atoms with van der Waals surface area (Å²) in [6, 6.07) is 0. The summed E-state index contributed by atoms with van der Waals surface area (Å²) in [5.74, 6) is -1.28. The smallest absolute Gasteiger partial charge is 0.347 e. The maximum atomic E-state index is 12.3. The van der Waals surface area contributed by atoms with Gasteiger partial charge < -0.3 is 15.1 Å². The first-order valence-electron chi connectivity index (χ1n) is 6.14. The molecule has 0 spiro atoms. The van der Waals surface area contributed by atoms with Crippen LogP contribution in [-0.4, -0.2) is 62.3 Å². The van der Waals surface area contributed by atoms with E-state index in [0.717, 1.165) is 11.3 Å². The lowest BCUT2D eigenvalue weighted by Gasteiger charge is -2.27. The lowest BCUT2D eigenvalue weighted by Crippen LogP contribution is -2.47. The summed E-state index contributed by atoms with van der Waals surface area (Å²) in [7, 11) is -0.474. The molecule has 0 aliphatic carbocycles. The van der Waals surface area contributed by atoms with Gasteiger partial charge in [0, 0.05) is 13.1 Å². The molecule has 0 radical (unpaired) electrons. The third kappa shape index (κ3) is 4.75. The second-order valence-electron chi connectivity index (χ2n) is 5.44. The number of hydrogen-bond acceptors (Lipinski definition) is 6. The number of carbonyl (C=O) groups is 1. The molecule has 0 saturated heterocycles. The van der Waals surface area contributed by atoms with E-state index in [0.29, 0.717) is 5.56 Å². The van der Waals surface area contributed by atoms with Crippen molar-refractivity contribution >= 4 is 27.3 Å². The van der Waals surface area contributed by atoms with E-state index in [1.807, 2.05) is 0 Å². The van der Waals surface area contributed by atoms with E-state index in [4.69, 9.17) is 5.11 Å². The highest BCUT2D eigenvalue weighted by molar-refractivity contribution is 7.89. The average molecular weight is 336 g/mol. The molecule has 0 saturated carbocycles. The van der Waals surface area contributed by atoms with Gasteiger partial charge in [-0.15, -0.1) is 11.3 Å². The number of thiophene rings is 1. The molecule has 0 bridgehead atoms. The number of nitrogens with one attached hydrogen (secondary N) is 1. The van der Waals surface area contributed by atoms with Gasteiger partial charge in [-0.05, 0) is 38.9 Å². The van der Waals surface area contributed by atoms with Crippen molar-refractivity contribution in [2.45, 2.75) is 24.3 Å². The molecule has 7 nitrogen and oxygen atoms in total. The molecule has 3 N–H and O–H groups in total. The molecule has 120 valence electrons. The number of carboxylic acid groups (broad SMARTS) is 1. The second-order valence-corrected chi connectivity index (χ2v) is 8.02. The molecule has 1 atom stereocenters. The summed E-state index contributed by atoms with van der Waals surface area (Å²) in [6.07, 6.45) is 0. The maximum Gasteiger partial charge on any atom is 0.347 e. The monoisotopic (exact) mass is 336 g/mol. The third-order valence-electron chi connectivity index (χ3n) is 2.68. The fourth-order valence-corrected chi connectivity index (χ4v) is 4.76. The van der Waals surface area contributed by atoms with Gasteiger partial charge >= 0.3 is 5.97 Å². The molecule has 1 aromatic heterocycles. The van der Waals surface area contributed by atoms with Gasteiger partial charge in [0.1, 0.15) is 9.77 Å². The number of rotatable bonds is 7. The average Bonchev–Trinajstić information content (AvgIpc) is 2.68. The van der Waals surface area contributed by atoms with Crippen LogP contribution in [0.2, 0.25) is 0 Å². The molecule has 0 aliphatic heterocycles. The number of sulfonamides is 1. The number of aromatic carboxylic acids is 1. The van der Waals surface area contributed by atoms with Crippen molar-refractivity contribution in [3.05, 3.63) is 15.8 Å². The van der Waals surface area contributed by atoms with E-state index < -0.39 is 21.6 Å². The van der Waals surface area contributed by atoms with Crippen LogP contribution in [0.4, 0.5) is 0 Å². The Bertz CT molecular complexity index is 620. The van der Waals surface area contributed by atoms with Crippen molar-refractivity contribution < 1.29 is 23.4 Å². The minimum atomic E-state index is -3.99. The number of aryl methyl sites for hydroxylation is 1. The Kier molecular flexibility index (Phi) is 5.51. The highest BCUT2D eigenvalue weighted by Gasteiger charge is 2.30. The number of likely N-dealkylation sites (N-methyl/N-ethyl adjacent to an activating group) is 1. The summed E-state index contributed by atoms with van der Waals surface area (Å²) in [5, 5.41) is 20.6. The summed E-state index contributed by atoms with van der Waals surface area (Å²) >= 11 is 0.866. The first-order valence-corrected chi connectivity index (χ1v) is 8.51. The fraction of sp³-hybridized carbons (Fsp3) is 0.583. The zero-order valence-corrected chi connectivity index (χ0v) is 14.0. The van der Waals surface area contributed by atoms with Gasteiger partial charge in [-0.1, -0.05) is 0 Å². The molecule has 0 aromatic carbocycles. The highest BCUT2D eigenvalue weighted by atomic mass is 32.2. The molecule has 0 aliphatic rings. The Morgan fingerprint density at radius 3 is 2.52 bits per heavy atom. The normalized spacial score (nSPS) is 15.1. The molecular formula is C12H20N2O5S2. The molecule has 21 heavy (non-hydrogen) atoms. The molecule has 0 amide bonds. The van der Waals surface area contributed by atoms with Crippen LogP contribution in [0.1, 0.15) is 22.2 Å². The van der Waals surface area contributed by atoms with Gasteiger partial charge in [-0.2, -0.15) is 0 Å². The third-order valence-corrected chi connectivity index (χ3v) is 5.48. The van der Waals surface area contributed by atoms with Gasteiger partial charge in [0.05, 0.1) is 5.60 Å². The second kappa shape index (κ2) is 6.41. The quantitative estimate of drug-likeness (QED) is 0.663. The van der Waals surface area contributed by atoms with Crippen LogP contribution in [0, 0.1) is 6.92 Å². The van der Waals surface area contributed by atoms with Crippen LogP contribution in [0.3, 0.4) is 0 Å². The Balaban J connectivity index is 2.98. The molecule has 1 heterocycles. The SMILES string of the molecule is Cc1csc(C(=O)O)c1S(=O)(=O)NCC(C)(O)CN(C)C. The first kappa shape index (κ1) is 18.1. The first-order chi connectivity index (χ1) is 9.46. The Labute approximate surface area is 128 Å². The van der Waals surface area contributed by atoms with Crippen molar-refractivity contribution in [1.82, 2.24) is 9.62 Å². The van der Waals surface area contributed by atoms with Gasteiger partial charge in [0.15, 0.2) is 0 Å². The van der Waals surface area contributed by atoms with Crippen molar-refractivity contribution in [3.8, 4) is 0 Å². The number of hydrogen-bond donors (Lipinski definition) is 3. The highest BCUT2D eigenvalue weighted by Crippen LogP contribution is 2.26. The van der Waals surface area contributed by atoms with Crippen molar-refractivity contribution in [2.24, 2.45) is 0 Å². The van der Waals surface area contributed by atoms with Crippen LogP contribution in [0.5, 0.6) is 0 Å². The lowest BCUT2D eigenvalue weighted by molar-refractivity contribution is 0.0386. The van der Waals surface area contributed by atoms with Crippen LogP contribution >= 0.6 is 11.3 Å². The number of nitrogens with zero attached hydrogens (tertiary/aromatic N) is 1. The zero-order valence-electron chi connectivity index (χ0n) is 12.4. The van der Waals surface area contributed by atoms with Gasteiger partial charge in [-0.3, -0.25) is 0 Å². The molecule has 1 aromatic rings. The van der Waals surface area contributed by atoms with Crippen LogP contribution in [-0.2, 0) is 10.0 Å². The van der Waals surface area contributed by atoms with E-state index in [1.54, 1.807) is 19.0 Å². The summed E-state index contributed by atoms with van der Waals surface area (Å²) in [5.41, 5.74) is -0.888. The van der Waals surface area contributed by atoms with E-state index in [9.17, 15) is 18.3 Å². The number of carboxylic acids is 1. The van der Waals surface area contributed by atoms with Crippen molar-refractivity contribution in [3.63, 3.8) is 0 Å². The standard InChI is InChI=1S/C12H20N2O5S2/c1-8-5-20-9(11(15)16)10(8)21(18,19)13-6-12(2,17)7-14(3)4/h5,13,17H,6-7H2,1-4H3,(H,15,16). The lowest BCUT2D eigenvalue weighted by atomic mass is 10.1. The molecule has 0 fully saturated rings. The van der Waals surface area contributed by atoms with Crippen LogP contribution in [0.25, 0.3) is 0 Å². The Hall–Kier alpha value is -1.00. The summed E-state index contributed by atoms with van der Waals surface area (Å²) < 4.78 is 26.8. The van der Waals surface area contributed by atoms with Gasteiger partial charge in [0.25, 0.3) is 0 Å². The van der Waals surface area contributed by atoms with E-state index in [2.05, 4.69) is 4.72 Å². The minimum Gasteiger partial charge on any atom is -0.477 e. The van der Waals surface area contributed by atoms with Gasteiger partial charge in [0.2, 0.25) is 10.0 Å². The van der Waals surface area contributed by atoms with Crippen molar-refractivity contribution in [1.29, 1.82) is 0 Å². The van der Waals surface area contributed by atoms with Crippen LogP contribution in [0.15, 0.2) is 10.3 Å². The fourth-order valence-electron chi connectivity index (χ4n) is 1.97. The summed E-state index contributed by atoms with van der Waals surface area (Å²) in [6.45, 7) is 3.11. The topological polar surface area (TPSA) is 107 Å². The molecule has 1 unspecified atom stereocenters. The van der Waals surface area contributed by atoms with Gasteiger partial charge in [-0.25, -0.2) is 17.9 Å². The zero-order chi connectivity index (χ0) is 16.4. The van der Waals surface area contributed by atoms with E-state index in [-0.39, 0.29) is 22.9 Å². The largest absolute Gasteiger partial charge is 0.477 e. The maximum absolute atomic E-state index is 12.3. The minimum absolute atomic E-state index is 0.206. The summed E-state index contributed by atoms with van der Waals surface area (Å²) in [4.78, 5) is 12.4. The van der Waals surface area contributed by atoms with E-state index >= 15 is 0 Å². The van der Waals surface area contributed by atoms with E-state index in [1.165, 1.54) is 19.2 Å². The Morgan fingerprint density at radius 1 is 1.48 bits per heavy atom. The predicted octanol–water partition coefficient (Wildman–Crippen LogP) is 0.346. The van der Waals surface area contributed by atoms with Crippen molar-refractivity contribution in [2.75, 3.05) is 27.2 Å². The van der Waals surface area contributed by atoms with Crippen LogP contribution < -0.4 is 4.72 Å². The predicted molar refractivity (Wildman–Crippen MR) is 80.4 cm³/mol.